The number of esters is 6. The molecule has 0 aliphatic carbocycles. The van der Waals surface area contributed by atoms with Crippen molar-refractivity contribution >= 4 is 47.2 Å². The van der Waals surface area contributed by atoms with Gasteiger partial charge in [-0.25, -0.2) is 28.8 Å². The fraction of sp³-hybridized carbons (Fsp3) is 0.365. The highest BCUT2D eigenvalue weighted by Crippen LogP contribution is 2.34. The summed E-state index contributed by atoms with van der Waals surface area (Å²) < 4.78 is 50.0. The van der Waals surface area contributed by atoms with Crippen LogP contribution < -0.4 is 34.2 Å². The molecule has 0 unspecified atom stereocenters. The number of hydrogen-bond acceptors (Lipinski definition) is 18. The van der Waals surface area contributed by atoms with Crippen LogP contribution >= 0.6 is 0 Å². The molecule has 0 saturated carbocycles. The van der Waals surface area contributed by atoms with Crippen molar-refractivity contribution < 1.29 is 76.3 Å². The van der Waals surface area contributed by atoms with E-state index in [-0.39, 0.29) is 63.7 Å². The van der Waals surface area contributed by atoms with Crippen molar-refractivity contribution in [2.45, 2.75) is 123 Å². The van der Waals surface area contributed by atoms with Gasteiger partial charge in [0.2, 0.25) is 0 Å². The van der Waals surface area contributed by atoms with E-state index in [2.05, 4.69) is 20.1 Å². The largest absolute Gasteiger partial charge is 0.494 e. The van der Waals surface area contributed by atoms with Gasteiger partial charge in [0.15, 0.2) is 5.75 Å². The van der Waals surface area contributed by atoms with E-state index in [1.807, 2.05) is 6.92 Å². The smallest absolute Gasteiger partial charge is 0.345 e. The van der Waals surface area contributed by atoms with E-state index >= 15 is 0 Å². The minimum atomic E-state index is -0.983. The fourth-order valence-electron chi connectivity index (χ4n) is 8.04. The maximum absolute atomic E-state index is 13.9. The third-order valence-corrected chi connectivity index (χ3v) is 12.5. The molecule has 5 rings (SSSR count). The Hall–Kier alpha value is -9.00. The first kappa shape index (κ1) is 63.8. The number of ether oxygens (including phenoxy) is 9. The van der Waals surface area contributed by atoms with Gasteiger partial charge in [0.1, 0.15) is 35.4 Å². The molecule has 0 amide bonds. The molecule has 0 heterocycles. The third-order valence-electron chi connectivity index (χ3n) is 12.5. The number of nitrogens with two attached hydrogens (primary N) is 1. The molecule has 5 aromatic rings. The Morgan fingerprint density at radius 3 is 1.50 bits per heavy atom. The van der Waals surface area contributed by atoms with Crippen LogP contribution in [0.4, 0.5) is 11.4 Å². The highest BCUT2D eigenvalue weighted by molar-refractivity contribution is 6.06. The van der Waals surface area contributed by atoms with Crippen molar-refractivity contribution in [3.8, 4) is 34.5 Å². The second-order valence-electron chi connectivity index (χ2n) is 19.0. The lowest BCUT2D eigenvalue weighted by molar-refractivity contribution is -0.386. The van der Waals surface area contributed by atoms with Crippen LogP contribution in [0.1, 0.15) is 157 Å². The van der Waals surface area contributed by atoms with E-state index in [4.69, 9.17) is 48.4 Å². The van der Waals surface area contributed by atoms with Crippen LogP contribution in [0.2, 0.25) is 0 Å². The van der Waals surface area contributed by atoms with Gasteiger partial charge in [-0.1, -0.05) is 90.0 Å². The Kier molecular flexibility index (Phi) is 27.2. The van der Waals surface area contributed by atoms with Crippen LogP contribution in [-0.4, -0.2) is 73.3 Å². The predicted molar refractivity (Wildman–Crippen MR) is 306 cm³/mol. The normalized spacial score (nSPS) is 11.0. The zero-order valence-electron chi connectivity index (χ0n) is 46.6. The van der Waals surface area contributed by atoms with Crippen molar-refractivity contribution in [1.29, 1.82) is 0 Å². The van der Waals surface area contributed by atoms with Gasteiger partial charge in [0, 0.05) is 24.3 Å². The molecular weight excluding hydrogens is 1060 g/mol. The monoisotopic (exact) mass is 1130 g/mol. The molecule has 0 aliphatic heterocycles. The number of carbonyl (C=O) groups excluding carboxylic acids is 6. The van der Waals surface area contributed by atoms with Crippen LogP contribution in [-0.2, 0) is 30.4 Å². The molecule has 0 saturated heterocycles. The molecule has 0 radical (unpaired) electrons. The summed E-state index contributed by atoms with van der Waals surface area (Å²) in [6.45, 7) is 12.0. The molecule has 0 bridgehead atoms. The molecule has 0 fully saturated rings. The standard InChI is InChI=1S/C63H72N2O17/c1-5-8-9-16-21-44(4)79-57-42-55(64)54(41-56(57)65(72)73)63(71)82-49-25-22-45(23-26-49)43-78-61(69)53-40-46(60(68)80-50-31-27-47(28-32-50)74-36-17-12-10-14-19-38-76-58(66)6-2)24-35-52(53)62(70)81-51-33-29-48(30-34-51)75-37-18-13-11-15-20-39-77-59(67)7-3/h6-7,22-35,40-42,44H,2-3,5,8-21,36-39,43,64H2,1,4H3/t44-/m0/s1. The Labute approximate surface area is 477 Å². The average molecular weight is 1130 g/mol. The molecule has 82 heavy (non-hydrogen) atoms. The highest BCUT2D eigenvalue weighted by Gasteiger charge is 2.26. The quantitative estimate of drug-likeness (QED) is 0.00567. The number of nitrogens with zero attached hydrogens (tertiary/aromatic N) is 1. The van der Waals surface area contributed by atoms with Crippen LogP contribution in [0.15, 0.2) is 128 Å². The Bertz CT molecular complexity index is 2920. The van der Waals surface area contributed by atoms with Crippen molar-refractivity contribution in [2.75, 3.05) is 32.2 Å². The van der Waals surface area contributed by atoms with Crippen LogP contribution in [0.25, 0.3) is 0 Å². The molecule has 2 N–H and O–H groups in total. The number of nitro benzene ring substituents is 1. The lowest BCUT2D eigenvalue weighted by Gasteiger charge is -2.16. The van der Waals surface area contributed by atoms with Crippen LogP contribution in [0, 0.1) is 10.1 Å². The number of nitrogen functional groups attached to an aromatic ring is 1. The predicted octanol–water partition coefficient (Wildman–Crippen LogP) is 13.0. The van der Waals surface area contributed by atoms with Gasteiger partial charge in [-0.15, -0.1) is 0 Å². The van der Waals surface area contributed by atoms with Crippen molar-refractivity contribution in [1.82, 2.24) is 0 Å². The molecule has 436 valence electrons. The fourth-order valence-corrected chi connectivity index (χ4v) is 8.04. The summed E-state index contributed by atoms with van der Waals surface area (Å²) in [6, 6.07) is 24.7. The molecule has 19 heteroatoms. The van der Waals surface area contributed by atoms with E-state index in [1.54, 1.807) is 36.4 Å². The number of carbonyl (C=O) groups is 6. The lowest BCUT2D eigenvalue weighted by atomic mass is 10.0. The molecule has 0 aliphatic rings. The van der Waals surface area contributed by atoms with Gasteiger partial charge in [0.05, 0.1) is 65.4 Å². The minimum absolute atomic E-state index is 0.0560. The second-order valence-corrected chi connectivity index (χ2v) is 19.0. The first-order valence-corrected chi connectivity index (χ1v) is 27.5. The van der Waals surface area contributed by atoms with Crippen LogP contribution in [0.3, 0.4) is 0 Å². The summed E-state index contributed by atoms with van der Waals surface area (Å²) in [6.07, 6.45) is 15.4. The van der Waals surface area contributed by atoms with Crippen molar-refractivity contribution in [2.24, 2.45) is 0 Å². The summed E-state index contributed by atoms with van der Waals surface area (Å²) in [5.41, 5.74) is 5.28. The number of rotatable bonds is 37. The zero-order chi connectivity index (χ0) is 59.1. The van der Waals surface area contributed by atoms with Gasteiger partial charge in [-0.3, -0.25) is 10.1 Å². The summed E-state index contributed by atoms with van der Waals surface area (Å²) >= 11 is 0. The average Bonchev–Trinajstić information content (AvgIpc) is 3.49. The topological polar surface area (TPSA) is 255 Å². The van der Waals surface area contributed by atoms with E-state index in [9.17, 15) is 38.9 Å². The first-order valence-electron chi connectivity index (χ1n) is 27.5. The molecule has 1 atom stereocenters. The Balaban J connectivity index is 1.21. The van der Waals surface area contributed by atoms with E-state index < -0.39 is 46.4 Å². The number of hydrogen-bond donors (Lipinski definition) is 1. The molecular formula is C63H72N2O17. The van der Waals surface area contributed by atoms with Crippen molar-refractivity contribution in [3.63, 3.8) is 0 Å². The Morgan fingerprint density at radius 2 is 0.988 bits per heavy atom. The van der Waals surface area contributed by atoms with E-state index in [1.165, 1.54) is 60.7 Å². The summed E-state index contributed by atoms with van der Waals surface area (Å²) in [4.78, 5) is 88.2. The van der Waals surface area contributed by atoms with Gasteiger partial charge in [-0.05, 0) is 130 Å². The van der Waals surface area contributed by atoms with Crippen molar-refractivity contribution in [3.05, 3.63) is 166 Å². The Morgan fingerprint density at radius 1 is 0.524 bits per heavy atom. The molecule has 0 spiro atoms. The summed E-state index contributed by atoms with van der Waals surface area (Å²) in [5, 5.41) is 12.0. The third kappa shape index (κ3) is 22.3. The summed E-state index contributed by atoms with van der Waals surface area (Å²) in [5.74, 6) is -3.11. The SMILES string of the molecule is C=CC(=O)OCCCCCCCOc1ccc(OC(=O)c2ccc(C(=O)Oc3ccc(OCCCCCCCOC(=O)C=C)cc3)c(C(=O)OCc3ccc(OC(=O)c4cc([N+](=O)[O-])c(O[C@@H](C)CCCCCC)cc4N)cc3)c2)cc1. The number of unbranched alkanes of at least 4 members (excludes halogenated alkanes) is 11. The minimum Gasteiger partial charge on any atom is -0.494 e. The summed E-state index contributed by atoms with van der Waals surface area (Å²) in [7, 11) is 0. The number of nitro groups is 1. The van der Waals surface area contributed by atoms with E-state index in [0.29, 0.717) is 49.9 Å². The number of benzene rings is 5. The molecule has 5 aromatic carbocycles. The maximum Gasteiger partial charge on any atom is 0.345 e. The van der Waals surface area contributed by atoms with Gasteiger partial charge in [-0.2, -0.15) is 0 Å². The molecule has 19 nitrogen and oxygen atoms in total. The van der Waals surface area contributed by atoms with Gasteiger partial charge in [0.25, 0.3) is 0 Å². The highest BCUT2D eigenvalue weighted by atomic mass is 16.6. The molecule has 0 aromatic heterocycles. The first-order chi connectivity index (χ1) is 39.7. The maximum atomic E-state index is 13.9. The lowest BCUT2D eigenvalue weighted by Crippen LogP contribution is -2.18. The van der Waals surface area contributed by atoms with Gasteiger partial charge >= 0.3 is 41.5 Å². The van der Waals surface area contributed by atoms with E-state index in [0.717, 1.165) is 108 Å². The van der Waals surface area contributed by atoms with Gasteiger partial charge < -0.3 is 48.4 Å². The second kappa shape index (κ2) is 34.9. The van der Waals surface area contributed by atoms with Crippen LogP contribution in [0.5, 0.6) is 34.5 Å². The zero-order valence-corrected chi connectivity index (χ0v) is 46.6. The number of anilines is 1.